The zero-order valence-electron chi connectivity index (χ0n) is 11.6. The maximum absolute atomic E-state index is 12.9. The molecule has 1 amide bonds. The van der Waals surface area contributed by atoms with Gasteiger partial charge in [-0.05, 0) is 38.5 Å². The molecule has 2 atom stereocenters. The average molecular weight is 366 g/mol. The summed E-state index contributed by atoms with van der Waals surface area (Å²) in [6, 6.07) is 3.44. The monoisotopic (exact) mass is 365 g/mol. The first-order valence-corrected chi connectivity index (χ1v) is 7.24. The molecular weight excluding hydrogens is 351 g/mol. The summed E-state index contributed by atoms with van der Waals surface area (Å²) in [4.78, 5) is 12.2. The first-order chi connectivity index (χ1) is 9.63. The number of alkyl halides is 3. The number of hydrogen-bond acceptors (Lipinski definition) is 2. The Morgan fingerprint density at radius 1 is 1.48 bits per heavy atom. The second-order valence-corrected chi connectivity index (χ2v) is 6.18. The van der Waals surface area contributed by atoms with Crippen LogP contribution in [0.1, 0.15) is 36.2 Å². The van der Waals surface area contributed by atoms with Crippen molar-refractivity contribution >= 4 is 21.8 Å². The molecule has 1 aliphatic heterocycles. The van der Waals surface area contributed by atoms with Gasteiger partial charge in [-0.3, -0.25) is 4.79 Å². The Balaban J connectivity index is 2.24. The van der Waals surface area contributed by atoms with E-state index in [0.717, 1.165) is 6.07 Å². The number of hydrogen-bond donors (Lipinski definition) is 1. The Morgan fingerprint density at radius 2 is 2.14 bits per heavy atom. The largest absolute Gasteiger partial charge is 0.417 e. The molecule has 21 heavy (non-hydrogen) atoms. The van der Waals surface area contributed by atoms with E-state index in [0.29, 0.717) is 13.0 Å². The van der Waals surface area contributed by atoms with Gasteiger partial charge in [-0.1, -0.05) is 15.9 Å². The number of carbonyl (C=O) groups excluding carboxylic acids is 1. The number of ether oxygens (including phenoxy) is 1. The fraction of sp³-hybridized carbons (Fsp3) is 0.500. The minimum atomic E-state index is -4.51. The second kappa shape index (κ2) is 5.61. The van der Waals surface area contributed by atoms with E-state index < -0.39 is 23.2 Å². The third-order valence-electron chi connectivity index (χ3n) is 3.82. The molecule has 1 fully saturated rings. The summed E-state index contributed by atoms with van der Waals surface area (Å²) in [7, 11) is 0. The number of nitrogens with one attached hydrogen (secondary N) is 1. The highest BCUT2D eigenvalue weighted by Crippen LogP contribution is 2.35. The normalized spacial score (nSPS) is 25.9. The summed E-state index contributed by atoms with van der Waals surface area (Å²) >= 11 is 2.85. The number of amides is 1. The second-order valence-electron chi connectivity index (χ2n) is 5.33. The lowest BCUT2D eigenvalue weighted by molar-refractivity contribution is -0.138. The van der Waals surface area contributed by atoms with Crippen molar-refractivity contribution in [1.29, 1.82) is 0 Å². The number of halogens is 4. The summed E-state index contributed by atoms with van der Waals surface area (Å²) in [6.45, 7) is 4.17. The van der Waals surface area contributed by atoms with Crippen molar-refractivity contribution < 1.29 is 22.7 Å². The summed E-state index contributed by atoms with van der Waals surface area (Å²) < 4.78 is 43.9. The van der Waals surface area contributed by atoms with E-state index in [1.807, 2.05) is 13.8 Å². The summed E-state index contributed by atoms with van der Waals surface area (Å²) in [5, 5.41) is 2.77. The zero-order chi connectivity index (χ0) is 15.8. The predicted octanol–water partition coefficient (Wildman–Crippen LogP) is 3.77. The Morgan fingerprint density at radius 3 is 2.67 bits per heavy atom. The molecule has 3 nitrogen and oxygen atoms in total. The van der Waals surface area contributed by atoms with Gasteiger partial charge in [0.1, 0.15) is 0 Å². The van der Waals surface area contributed by atoms with Crippen LogP contribution < -0.4 is 5.32 Å². The Labute approximate surface area is 129 Å². The van der Waals surface area contributed by atoms with Gasteiger partial charge in [-0.2, -0.15) is 13.2 Å². The van der Waals surface area contributed by atoms with Gasteiger partial charge in [-0.15, -0.1) is 0 Å². The molecule has 1 aliphatic rings. The highest BCUT2D eigenvalue weighted by molar-refractivity contribution is 9.10. The van der Waals surface area contributed by atoms with Gasteiger partial charge in [0, 0.05) is 16.6 Å². The SMILES string of the molecule is CC1OCCC1(C)NC(=O)c1ccc(Br)c(C(F)(F)F)c1. The number of benzene rings is 1. The van der Waals surface area contributed by atoms with Gasteiger partial charge in [0.15, 0.2) is 0 Å². The van der Waals surface area contributed by atoms with Gasteiger partial charge < -0.3 is 10.1 Å². The van der Waals surface area contributed by atoms with Crippen molar-refractivity contribution in [2.75, 3.05) is 6.61 Å². The van der Waals surface area contributed by atoms with Gasteiger partial charge in [0.25, 0.3) is 5.91 Å². The van der Waals surface area contributed by atoms with Gasteiger partial charge >= 0.3 is 6.18 Å². The van der Waals surface area contributed by atoms with E-state index >= 15 is 0 Å². The summed E-state index contributed by atoms with van der Waals surface area (Å²) in [5.41, 5.74) is -1.45. The van der Waals surface area contributed by atoms with Crippen LogP contribution in [-0.4, -0.2) is 24.2 Å². The smallest absolute Gasteiger partial charge is 0.376 e. The minimum absolute atomic E-state index is 0.0224. The fourth-order valence-electron chi connectivity index (χ4n) is 2.21. The molecule has 2 rings (SSSR count). The lowest BCUT2D eigenvalue weighted by Crippen LogP contribution is -2.50. The molecule has 0 aliphatic carbocycles. The van der Waals surface area contributed by atoms with Crippen LogP contribution in [0, 0.1) is 0 Å². The lowest BCUT2D eigenvalue weighted by Gasteiger charge is -2.29. The summed E-state index contributed by atoms with van der Waals surface area (Å²) in [5.74, 6) is -0.534. The molecule has 7 heteroatoms. The van der Waals surface area contributed by atoms with Crippen LogP contribution in [0.3, 0.4) is 0 Å². The van der Waals surface area contributed by atoms with E-state index in [9.17, 15) is 18.0 Å². The van der Waals surface area contributed by atoms with Crippen LogP contribution in [-0.2, 0) is 10.9 Å². The van der Waals surface area contributed by atoms with Crippen molar-refractivity contribution in [1.82, 2.24) is 5.32 Å². The van der Waals surface area contributed by atoms with Gasteiger partial charge in [-0.25, -0.2) is 0 Å². The molecular formula is C14H15BrF3NO2. The van der Waals surface area contributed by atoms with Crippen LogP contribution >= 0.6 is 15.9 Å². The number of carbonyl (C=O) groups is 1. The van der Waals surface area contributed by atoms with E-state index in [1.54, 1.807) is 0 Å². The summed E-state index contributed by atoms with van der Waals surface area (Å²) in [6.07, 6.45) is -4.07. The van der Waals surface area contributed by atoms with Crippen molar-refractivity contribution in [3.05, 3.63) is 33.8 Å². The highest BCUT2D eigenvalue weighted by atomic mass is 79.9. The third kappa shape index (κ3) is 3.40. The van der Waals surface area contributed by atoms with Crippen LogP contribution in [0.2, 0.25) is 0 Å². The van der Waals surface area contributed by atoms with Crippen LogP contribution in [0.15, 0.2) is 22.7 Å². The van der Waals surface area contributed by atoms with E-state index in [4.69, 9.17) is 4.74 Å². The van der Waals surface area contributed by atoms with Crippen LogP contribution in [0.4, 0.5) is 13.2 Å². The molecule has 2 unspecified atom stereocenters. The van der Waals surface area contributed by atoms with Crippen LogP contribution in [0.25, 0.3) is 0 Å². The maximum atomic E-state index is 12.9. The molecule has 0 radical (unpaired) electrons. The standard InChI is InChI=1S/C14H15BrF3NO2/c1-8-13(2,5-6-21-8)19-12(20)9-3-4-11(15)10(7-9)14(16,17)18/h3-4,7-8H,5-6H2,1-2H3,(H,19,20). The molecule has 1 aromatic rings. The zero-order valence-corrected chi connectivity index (χ0v) is 13.1. The van der Waals surface area contributed by atoms with Crippen molar-refractivity contribution in [2.45, 2.75) is 38.1 Å². The molecule has 0 saturated carbocycles. The van der Waals surface area contributed by atoms with Gasteiger partial charge in [0.05, 0.1) is 17.2 Å². The Bertz CT molecular complexity index is 562. The van der Waals surface area contributed by atoms with Crippen LogP contribution in [0.5, 0.6) is 0 Å². The fourth-order valence-corrected chi connectivity index (χ4v) is 2.69. The molecule has 1 saturated heterocycles. The van der Waals surface area contributed by atoms with E-state index in [2.05, 4.69) is 21.2 Å². The highest BCUT2D eigenvalue weighted by Gasteiger charge is 2.39. The Kier molecular flexibility index (Phi) is 4.35. The van der Waals surface area contributed by atoms with Gasteiger partial charge in [0.2, 0.25) is 0 Å². The third-order valence-corrected chi connectivity index (χ3v) is 4.51. The molecule has 0 bridgehead atoms. The number of rotatable bonds is 2. The Hall–Kier alpha value is -1.08. The average Bonchev–Trinajstić information content (AvgIpc) is 2.68. The van der Waals surface area contributed by atoms with E-state index in [1.165, 1.54) is 12.1 Å². The topological polar surface area (TPSA) is 38.3 Å². The molecule has 1 heterocycles. The lowest BCUT2D eigenvalue weighted by atomic mass is 9.94. The molecule has 0 aromatic heterocycles. The first-order valence-electron chi connectivity index (χ1n) is 6.44. The molecule has 0 spiro atoms. The molecule has 1 N–H and O–H groups in total. The van der Waals surface area contributed by atoms with E-state index in [-0.39, 0.29) is 16.1 Å². The van der Waals surface area contributed by atoms with Crippen molar-refractivity contribution in [3.8, 4) is 0 Å². The van der Waals surface area contributed by atoms with Crippen molar-refractivity contribution in [3.63, 3.8) is 0 Å². The predicted molar refractivity (Wildman–Crippen MR) is 75.0 cm³/mol. The quantitative estimate of drug-likeness (QED) is 0.866. The molecule has 116 valence electrons. The first kappa shape index (κ1) is 16.3. The van der Waals surface area contributed by atoms with Crippen molar-refractivity contribution in [2.24, 2.45) is 0 Å². The maximum Gasteiger partial charge on any atom is 0.417 e. The minimum Gasteiger partial charge on any atom is -0.376 e. The molecule has 1 aromatic carbocycles.